The zero-order valence-electron chi connectivity index (χ0n) is 12.9. The van der Waals surface area contributed by atoms with E-state index in [9.17, 15) is 0 Å². The second-order valence-corrected chi connectivity index (χ2v) is 6.30. The maximum absolute atomic E-state index is 5.58. The van der Waals surface area contributed by atoms with Crippen molar-refractivity contribution in [3.63, 3.8) is 0 Å². The minimum atomic E-state index is 0.648. The van der Waals surface area contributed by atoms with Crippen LogP contribution in [0.15, 0.2) is 0 Å². The fourth-order valence-electron chi connectivity index (χ4n) is 3.63. The number of ether oxygens (including phenoxy) is 1. The van der Waals surface area contributed by atoms with Gasteiger partial charge in [-0.05, 0) is 39.3 Å². The van der Waals surface area contributed by atoms with Crippen LogP contribution in [0.5, 0.6) is 0 Å². The smallest absolute Gasteiger partial charge is 0.0622 e. The van der Waals surface area contributed by atoms with E-state index in [2.05, 4.69) is 24.2 Å². The fourth-order valence-corrected chi connectivity index (χ4v) is 3.63. The Morgan fingerprint density at radius 3 is 2.58 bits per heavy atom. The summed E-state index contributed by atoms with van der Waals surface area (Å²) in [6.45, 7) is 5.32. The summed E-state index contributed by atoms with van der Waals surface area (Å²) in [6.07, 6.45) is 10.8. The molecule has 3 heteroatoms. The normalized spacial score (nSPS) is 33.3. The summed E-state index contributed by atoms with van der Waals surface area (Å²) in [5.41, 5.74) is 0. The van der Waals surface area contributed by atoms with Crippen LogP contribution in [0.3, 0.4) is 0 Å². The molecule has 0 aromatic rings. The summed E-state index contributed by atoms with van der Waals surface area (Å²) in [5, 5.41) is 3.81. The van der Waals surface area contributed by atoms with Crippen molar-refractivity contribution in [2.24, 2.45) is 0 Å². The van der Waals surface area contributed by atoms with Crippen LogP contribution in [-0.2, 0) is 4.74 Å². The minimum absolute atomic E-state index is 0.648. The van der Waals surface area contributed by atoms with E-state index in [1.807, 2.05) is 0 Å². The molecule has 1 saturated carbocycles. The third-order valence-electron chi connectivity index (χ3n) is 4.89. The average Bonchev–Trinajstić information content (AvgIpc) is 2.91. The van der Waals surface area contributed by atoms with Crippen molar-refractivity contribution in [1.82, 2.24) is 10.2 Å². The average molecular weight is 268 g/mol. The van der Waals surface area contributed by atoms with Crippen molar-refractivity contribution >= 4 is 0 Å². The number of nitrogens with zero attached hydrogens (tertiary/aromatic N) is 1. The van der Waals surface area contributed by atoms with E-state index in [4.69, 9.17) is 4.74 Å². The molecule has 0 bridgehead atoms. The van der Waals surface area contributed by atoms with Crippen molar-refractivity contribution in [3.05, 3.63) is 0 Å². The summed E-state index contributed by atoms with van der Waals surface area (Å²) >= 11 is 0. The molecule has 0 radical (unpaired) electrons. The lowest BCUT2D eigenvalue weighted by atomic mass is 9.90. The van der Waals surface area contributed by atoms with Gasteiger partial charge in [0.15, 0.2) is 0 Å². The Balaban J connectivity index is 1.96. The van der Waals surface area contributed by atoms with Gasteiger partial charge in [-0.2, -0.15) is 0 Å². The van der Waals surface area contributed by atoms with Crippen molar-refractivity contribution in [2.45, 2.75) is 76.4 Å². The number of hydrogen-bond acceptors (Lipinski definition) is 3. The van der Waals surface area contributed by atoms with Gasteiger partial charge in [0.05, 0.1) is 6.61 Å². The van der Waals surface area contributed by atoms with Gasteiger partial charge in [0.25, 0.3) is 0 Å². The Bertz CT molecular complexity index is 239. The monoisotopic (exact) mass is 268 g/mol. The second-order valence-electron chi connectivity index (χ2n) is 6.30. The van der Waals surface area contributed by atoms with Crippen LogP contribution in [0.25, 0.3) is 0 Å². The first kappa shape index (κ1) is 15.3. The summed E-state index contributed by atoms with van der Waals surface area (Å²) in [5.74, 6) is 0. The first-order valence-corrected chi connectivity index (χ1v) is 8.36. The molecule has 0 aromatic heterocycles. The van der Waals surface area contributed by atoms with Crippen LogP contribution in [0, 0.1) is 0 Å². The molecule has 3 atom stereocenters. The molecule has 1 N–H and O–H groups in total. The predicted octanol–water partition coefficient (Wildman–Crippen LogP) is 2.80. The van der Waals surface area contributed by atoms with Crippen molar-refractivity contribution in [1.29, 1.82) is 0 Å². The van der Waals surface area contributed by atoms with Crippen LogP contribution in [0.4, 0.5) is 0 Å². The van der Waals surface area contributed by atoms with Gasteiger partial charge in [-0.1, -0.05) is 32.6 Å². The van der Waals surface area contributed by atoms with E-state index in [-0.39, 0.29) is 0 Å². The Hall–Kier alpha value is -0.120. The second kappa shape index (κ2) is 8.23. The highest BCUT2D eigenvalue weighted by atomic mass is 16.5. The quantitative estimate of drug-likeness (QED) is 0.830. The van der Waals surface area contributed by atoms with Gasteiger partial charge in [0.1, 0.15) is 0 Å². The highest BCUT2D eigenvalue weighted by Crippen LogP contribution is 2.24. The number of nitrogens with one attached hydrogen (secondary N) is 1. The summed E-state index contributed by atoms with van der Waals surface area (Å²) in [6, 6.07) is 2.04. The Morgan fingerprint density at radius 2 is 1.89 bits per heavy atom. The minimum Gasteiger partial charge on any atom is -0.380 e. The van der Waals surface area contributed by atoms with Crippen LogP contribution in [0.1, 0.15) is 58.3 Å². The highest BCUT2D eigenvalue weighted by molar-refractivity contribution is 4.88. The van der Waals surface area contributed by atoms with E-state index in [0.717, 1.165) is 19.8 Å². The first-order valence-electron chi connectivity index (χ1n) is 8.36. The van der Waals surface area contributed by atoms with Gasteiger partial charge in [0, 0.05) is 24.7 Å². The number of likely N-dealkylation sites (N-methyl/N-ethyl adjacent to an activating group) is 1. The topological polar surface area (TPSA) is 24.5 Å². The summed E-state index contributed by atoms with van der Waals surface area (Å²) in [4.78, 5) is 2.63. The number of hydrogen-bond donors (Lipinski definition) is 1. The zero-order chi connectivity index (χ0) is 13.5. The molecule has 0 amide bonds. The lowest BCUT2D eigenvalue weighted by Crippen LogP contribution is -2.52. The molecule has 3 nitrogen and oxygen atoms in total. The Kier molecular flexibility index (Phi) is 6.62. The number of rotatable bonds is 5. The van der Waals surface area contributed by atoms with E-state index >= 15 is 0 Å². The molecule has 112 valence electrons. The van der Waals surface area contributed by atoms with Gasteiger partial charge in [-0.3, -0.25) is 4.90 Å². The van der Waals surface area contributed by atoms with E-state index < -0.39 is 0 Å². The Labute approximate surface area is 119 Å². The molecule has 1 aliphatic heterocycles. The van der Waals surface area contributed by atoms with E-state index in [1.165, 1.54) is 51.4 Å². The molecule has 3 unspecified atom stereocenters. The first-order chi connectivity index (χ1) is 9.33. The van der Waals surface area contributed by atoms with Crippen molar-refractivity contribution < 1.29 is 4.74 Å². The molecule has 0 spiro atoms. The molecular weight excluding hydrogens is 236 g/mol. The van der Waals surface area contributed by atoms with Gasteiger partial charge in [0.2, 0.25) is 0 Å². The van der Waals surface area contributed by atoms with Crippen LogP contribution in [-0.4, -0.2) is 49.8 Å². The molecular formula is C16H32N2O. The lowest BCUT2D eigenvalue weighted by Gasteiger charge is -2.39. The van der Waals surface area contributed by atoms with Gasteiger partial charge < -0.3 is 10.1 Å². The fraction of sp³-hybridized carbons (Fsp3) is 1.00. The van der Waals surface area contributed by atoms with E-state index in [0.29, 0.717) is 18.1 Å². The summed E-state index contributed by atoms with van der Waals surface area (Å²) in [7, 11) is 2.33. The maximum atomic E-state index is 5.58. The highest BCUT2D eigenvalue weighted by Gasteiger charge is 2.31. The lowest BCUT2D eigenvalue weighted by molar-refractivity contribution is 0.0992. The van der Waals surface area contributed by atoms with Crippen LogP contribution in [0.2, 0.25) is 0 Å². The molecule has 2 fully saturated rings. The molecule has 2 rings (SSSR count). The predicted molar refractivity (Wildman–Crippen MR) is 80.6 cm³/mol. The molecule has 19 heavy (non-hydrogen) atoms. The molecule has 0 aromatic carbocycles. The SMILES string of the molecule is CCCNC1CCCCCCC1N(C)C1CCOC1. The Morgan fingerprint density at radius 1 is 1.11 bits per heavy atom. The zero-order valence-corrected chi connectivity index (χ0v) is 12.9. The van der Waals surface area contributed by atoms with Crippen LogP contribution < -0.4 is 5.32 Å². The van der Waals surface area contributed by atoms with E-state index in [1.54, 1.807) is 0 Å². The molecule has 1 aliphatic carbocycles. The van der Waals surface area contributed by atoms with Gasteiger partial charge in [-0.15, -0.1) is 0 Å². The van der Waals surface area contributed by atoms with Crippen molar-refractivity contribution in [3.8, 4) is 0 Å². The standard InChI is InChI=1S/C16H32N2O/c1-3-11-17-15-8-6-4-5-7-9-16(15)18(2)14-10-12-19-13-14/h14-17H,3-13H2,1-2H3. The third kappa shape index (κ3) is 4.44. The molecule has 1 saturated heterocycles. The van der Waals surface area contributed by atoms with Crippen LogP contribution >= 0.6 is 0 Å². The maximum Gasteiger partial charge on any atom is 0.0622 e. The summed E-state index contributed by atoms with van der Waals surface area (Å²) < 4.78 is 5.58. The molecule has 1 heterocycles. The van der Waals surface area contributed by atoms with Crippen molar-refractivity contribution in [2.75, 3.05) is 26.8 Å². The third-order valence-corrected chi connectivity index (χ3v) is 4.89. The van der Waals surface area contributed by atoms with Gasteiger partial charge >= 0.3 is 0 Å². The molecule has 2 aliphatic rings. The van der Waals surface area contributed by atoms with Gasteiger partial charge in [-0.25, -0.2) is 0 Å². The largest absolute Gasteiger partial charge is 0.380 e.